The molecule has 5 heteroatoms. The molecule has 0 bridgehead atoms. The summed E-state index contributed by atoms with van der Waals surface area (Å²) in [5.74, 6) is 0.184. The largest absolute Gasteiger partial charge is 0.398 e. The SMILES string of the molecule is CCCCCCCC[SiH2]C(O[Si](C)(C)C)O[Si](C)(C)C. The second-order valence-electron chi connectivity index (χ2n) is 7.80. The molecule has 0 N–H and O–H groups in total. The highest BCUT2D eigenvalue weighted by Crippen LogP contribution is 2.15. The Kier molecular flexibility index (Phi) is 10.6. The Hall–Kier alpha value is 0.571. The minimum Gasteiger partial charge on any atom is -0.398 e. The van der Waals surface area contributed by atoms with Gasteiger partial charge in [-0.05, 0) is 39.3 Å². The van der Waals surface area contributed by atoms with Crippen LogP contribution < -0.4 is 0 Å². The van der Waals surface area contributed by atoms with Crippen LogP contribution in [-0.2, 0) is 8.85 Å². The van der Waals surface area contributed by atoms with Crippen LogP contribution >= 0.6 is 0 Å². The third kappa shape index (κ3) is 15.0. The van der Waals surface area contributed by atoms with Gasteiger partial charge in [-0.15, -0.1) is 0 Å². The first-order valence-electron chi connectivity index (χ1n) is 8.50. The van der Waals surface area contributed by atoms with Crippen molar-refractivity contribution in [1.82, 2.24) is 0 Å². The van der Waals surface area contributed by atoms with Crippen LogP contribution in [0, 0.1) is 0 Å². The van der Waals surface area contributed by atoms with Crippen LogP contribution in [0.25, 0.3) is 0 Å². The Labute approximate surface area is 132 Å². The number of hydrogen-bond donors (Lipinski definition) is 0. The zero-order chi connectivity index (χ0) is 15.6. The average molecular weight is 335 g/mol. The first-order valence-corrected chi connectivity index (χ1v) is 17.1. The quantitative estimate of drug-likeness (QED) is 0.286. The van der Waals surface area contributed by atoms with E-state index in [4.69, 9.17) is 8.85 Å². The lowest BCUT2D eigenvalue weighted by atomic mass is 10.1. The zero-order valence-electron chi connectivity index (χ0n) is 15.1. The first-order chi connectivity index (χ1) is 9.14. The Morgan fingerprint density at radius 1 is 0.750 bits per heavy atom. The topological polar surface area (TPSA) is 18.5 Å². The van der Waals surface area contributed by atoms with Crippen LogP contribution in [0.3, 0.4) is 0 Å². The summed E-state index contributed by atoms with van der Waals surface area (Å²) < 4.78 is 12.5. The summed E-state index contributed by atoms with van der Waals surface area (Å²) in [4.78, 5) is 0. The van der Waals surface area contributed by atoms with Gasteiger partial charge in [-0.2, -0.15) is 0 Å². The van der Waals surface area contributed by atoms with E-state index in [0.717, 1.165) is 0 Å². The minimum atomic E-state index is -1.47. The fraction of sp³-hybridized carbons (Fsp3) is 1.00. The van der Waals surface area contributed by atoms with E-state index in [1.54, 1.807) is 0 Å². The first kappa shape index (κ1) is 20.6. The Morgan fingerprint density at radius 2 is 1.20 bits per heavy atom. The maximum Gasteiger partial charge on any atom is 0.186 e. The molecular weight excluding hydrogens is 296 g/mol. The van der Waals surface area contributed by atoms with Crippen molar-refractivity contribution in [2.45, 2.75) is 96.7 Å². The molecule has 0 unspecified atom stereocenters. The fourth-order valence-electron chi connectivity index (χ4n) is 2.20. The van der Waals surface area contributed by atoms with Crippen LogP contribution in [-0.4, -0.2) is 32.1 Å². The Morgan fingerprint density at radius 3 is 1.65 bits per heavy atom. The molecule has 0 fully saturated rings. The van der Waals surface area contributed by atoms with Gasteiger partial charge in [-0.3, -0.25) is 0 Å². The lowest BCUT2D eigenvalue weighted by Crippen LogP contribution is -2.42. The number of hydrogen-bond acceptors (Lipinski definition) is 2. The molecule has 0 spiro atoms. The van der Waals surface area contributed by atoms with Crippen molar-refractivity contribution in [2.24, 2.45) is 0 Å². The average Bonchev–Trinajstić information content (AvgIpc) is 2.23. The van der Waals surface area contributed by atoms with E-state index in [9.17, 15) is 0 Å². The summed E-state index contributed by atoms with van der Waals surface area (Å²) in [6.07, 6.45) is 8.35. The molecule has 0 rings (SSSR count). The molecule has 0 aliphatic heterocycles. The monoisotopic (exact) mass is 334 g/mol. The molecule has 0 radical (unpaired) electrons. The van der Waals surface area contributed by atoms with Gasteiger partial charge in [-0.1, -0.05) is 51.5 Å². The maximum absolute atomic E-state index is 6.27. The third-order valence-corrected chi connectivity index (χ3v) is 7.33. The van der Waals surface area contributed by atoms with E-state index in [1.165, 1.54) is 44.6 Å². The lowest BCUT2D eigenvalue weighted by Gasteiger charge is -2.31. The zero-order valence-corrected chi connectivity index (χ0v) is 18.5. The van der Waals surface area contributed by atoms with Gasteiger partial charge in [0.1, 0.15) is 5.91 Å². The molecule has 0 aromatic carbocycles. The smallest absolute Gasteiger partial charge is 0.186 e. The van der Waals surface area contributed by atoms with Gasteiger partial charge in [0.15, 0.2) is 16.6 Å². The van der Waals surface area contributed by atoms with Crippen molar-refractivity contribution in [3.05, 3.63) is 0 Å². The Bertz CT molecular complexity index is 218. The van der Waals surface area contributed by atoms with Crippen LogP contribution in [0.1, 0.15) is 45.4 Å². The molecule has 0 atom stereocenters. The molecule has 0 aromatic rings. The summed E-state index contributed by atoms with van der Waals surface area (Å²) in [5.41, 5.74) is 0. The number of rotatable bonds is 12. The van der Waals surface area contributed by atoms with E-state index in [-0.39, 0.29) is 15.4 Å². The van der Waals surface area contributed by atoms with Gasteiger partial charge >= 0.3 is 0 Å². The molecule has 0 heterocycles. The van der Waals surface area contributed by atoms with E-state index >= 15 is 0 Å². The standard InChI is InChI=1S/C15H38O2Si3/c1-8-9-10-11-12-13-14-18-15(16-19(2,3)4)17-20(5,6)7/h15H,8-14,18H2,1-7H3. The Balaban J connectivity index is 3.92. The maximum atomic E-state index is 6.27. The summed E-state index contributed by atoms with van der Waals surface area (Å²) >= 11 is 0. The molecular formula is C15H38O2Si3. The minimum absolute atomic E-state index is 0.184. The molecule has 0 saturated carbocycles. The van der Waals surface area contributed by atoms with Crippen molar-refractivity contribution in [2.75, 3.05) is 0 Å². The molecule has 0 aromatic heterocycles. The summed E-state index contributed by atoms with van der Waals surface area (Å²) in [6.45, 7) is 15.9. The molecule has 122 valence electrons. The van der Waals surface area contributed by atoms with E-state index in [1.807, 2.05) is 0 Å². The van der Waals surface area contributed by atoms with Gasteiger partial charge in [0.25, 0.3) is 0 Å². The predicted molar refractivity (Wildman–Crippen MR) is 99.4 cm³/mol. The van der Waals surface area contributed by atoms with Gasteiger partial charge < -0.3 is 8.85 Å². The van der Waals surface area contributed by atoms with Gasteiger partial charge in [0.05, 0.1) is 9.52 Å². The van der Waals surface area contributed by atoms with Crippen molar-refractivity contribution in [3.63, 3.8) is 0 Å². The van der Waals surface area contributed by atoms with E-state index in [0.29, 0.717) is 0 Å². The highest BCUT2D eigenvalue weighted by molar-refractivity contribution is 6.71. The van der Waals surface area contributed by atoms with Crippen molar-refractivity contribution >= 4 is 26.2 Å². The van der Waals surface area contributed by atoms with E-state index < -0.39 is 16.6 Å². The van der Waals surface area contributed by atoms with Gasteiger partial charge in [0.2, 0.25) is 0 Å². The normalized spacial score (nSPS) is 13.8. The summed E-state index contributed by atoms with van der Waals surface area (Å²) in [5, 5.41) is 0. The molecule has 2 nitrogen and oxygen atoms in total. The van der Waals surface area contributed by atoms with Crippen molar-refractivity contribution in [1.29, 1.82) is 0 Å². The fourth-order valence-corrected chi connectivity index (χ4v) is 8.89. The van der Waals surface area contributed by atoms with E-state index in [2.05, 4.69) is 46.2 Å². The van der Waals surface area contributed by atoms with Crippen LogP contribution in [0.15, 0.2) is 0 Å². The number of unbranched alkanes of at least 4 members (excludes halogenated alkanes) is 5. The molecule has 0 aliphatic rings. The van der Waals surface area contributed by atoms with Crippen LogP contribution in [0.2, 0.25) is 45.3 Å². The summed E-state index contributed by atoms with van der Waals surface area (Å²) in [7, 11) is -3.20. The lowest BCUT2D eigenvalue weighted by molar-refractivity contribution is 0.0604. The molecule has 0 amide bonds. The third-order valence-electron chi connectivity index (χ3n) is 3.01. The highest BCUT2D eigenvalue weighted by atomic mass is 28.4. The second-order valence-corrected chi connectivity index (χ2v) is 18.7. The van der Waals surface area contributed by atoms with Gasteiger partial charge in [-0.25, -0.2) is 0 Å². The van der Waals surface area contributed by atoms with Crippen LogP contribution in [0.4, 0.5) is 0 Å². The van der Waals surface area contributed by atoms with Crippen LogP contribution in [0.5, 0.6) is 0 Å². The van der Waals surface area contributed by atoms with Crippen molar-refractivity contribution < 1.29 is 8.85 Å². The second kappa shape index (κ2) is 10.3. The predicted octanol–water partition coefficient (Wildman–Crippen LogP) is 4.92. The van der Waals surface area contributed by atoms with Crippen molar-refractivity contribution in [3.8, 4) is 0 Å². The molecule has 0 aliphatic carbocycles. The molecule has 20 heavy (non-hydrogen) atoms. The molecule has 0 saturated heterocycles. The van der Waals surface area contributed by atoms with Gasteiger partial charge in [0, 0.05) is 0 Å². The summed E-state index contributed by atoms with van der Waals surface area (Å²) in [6, 6.07) is 1.38. The highest BCUT2D eigenvalue weighted by Gasteiger charge is 2.26.